The van der Waals surface area contributed by atoms with Crippen molar-refractivity contribution < 1.29 is 23.5 Å². The Morgan fingerprint density at radius 3 is 2.42 bits per heavy atom. The summed E-state index contributed by atoms with van der Waals surface area (Å²) in [4.78, 5) is 37.7. The van der Waals surface area contributed by atoms with Crippen LogP contribution in [0.3, 0.4) is 0 Å². The zero-order chi connectivity index (χ0) is 26.5. The molecule has 8 nitrogen and oxygen atoms in total. The maximum absolute atomic E-state index is 12.8. The van der Waals surface area contributed by atoms with E-state index in [-0.39, 0.29) is 11.5 Å². The summed E-state index contributed by atoms with van der Waals surface area (Å²) in [5, 5.41) is 7.81. The summed E-state index contributed by atoms with van der Waals surface area (Å²) in [5.41, 5.74) is 3.75. The second-order valence-electron chi connectivity index (χ2n) is 7.88. The van der Waals surface area contributed by atoms with Crippen LogP contribution >= 0.6 is 22.9 Å². The highest BCUT2D eigenvalue weighted by molar-refractivity contribution is 7.21. The minimum Gasteiger partial charge on any atom is -0.459 e. The molecule has 188 valence electrons. The van der Waals surface area contributed by atoms with Crippen molar-refractivity contribution in [3.63, 3.8) is 0 Å². The summed E-state index contributed by atoms with van der Waals surface area (Å²) in [7, 11) is 0. The van der Waals surface area contributed by atoms with Crippen molar-refractivity contribution in [1.82, 2.24) is 5.43 Å². The number of para-hydroxylation sites is 1. The fourth-order valence-corrected chi connectivity index (χ4v) is 4.89. The molecule has 0 aliphatic rings. The molecular formula is C28H18ClN3O5S. The number of esters is 1. The van der Waals surface area contributed by atoms with Gasteiger partial charge in [0.2, 0.25) is 0 Å². The molecule has 0 radical (unpaired) electrons. The lowest BCUT2D eigenvalue weighted by atomic mass is 10.2. The Bertz CT molecular complexity index is 1660. The molecule has 0 unspecified atom stereocenters. The first-order valence-corrected chi connectivity index (χ1v) is 12.5. The molecule has 38 heavy (non-hydrogen) atoms. The Labute approximate surface area is 225 Å². The van der Waals surface area contributed by atoms with Gasteiger partial charge in [0.15, 0.2) is 5.76 Å². The van der Waals surface area contributed by atoms with Crippen LogP contribution in [0, 0.1) is 0 Å². The first-order chi connectivity index (χ1) is 18.5. The molecule has 0 aliphatic carbocycles. The SMILES string of the molecule is O=C(N/N=C\c1ccccc1OC(=O)c1sc2ccccc2c1Cl)c1ccc(NC(=O)c2ccco2)cc1. The van der Waals surface area contributed by atoms with Crippen molar-refractivity contribution in [3.05, 3.63) is 118 Å². The fraction of sp³-hybridized carbons (Fsp3) is 0. The normalized spacial score (nSPS) is 11.0. The van der Waals surface area contributed by atoms with E-state index in [1.54, 1.807) is 60.7 Å². The first kappa shape index (κ1) is 24.9. The molecule has 2 N–H and O–H groups in total. The minimum absolute atomic E-state index is 0.180. The van der Waals surface area contributed by atoms with Gasteiger partial charge in [0.05, 0.1) is 17.5 Å². The topological polar surface area (TPSA) is 110 Å². The van der Waals surface area contributed by atoms with Gasteiger partial charge in [0, 0.05) is 26.9 Å². The molecule has 0 saturated carbocycles. The maximum atomic E-state index is 12.8. The Balaban J connectivity index is 1.22. The van der Waals surface area contributed by atoms with Crippen LogP contribution in [0.25, 0.3) is 10.1 Å². The van der Waals surface area contributed by atoms with Crippen LogP contribution in [0.5, 0.6) is 5.75 Å². The number of amides is 2. The number of furan rings is 1. The number of ether oxygens (including phenoxy) is 1. The Kier molecular flexibility index (Phi) is 7.30. The highest BCUT2D eigenvalue weighted by Crippen LogP contribution is 2.36. The predicted molar refractivity (Wildman–Crippen MR) is 146 cm³/mol. The molecule has 0 aliphatic heterocycles. The highest BCUT2D eigenvalue weighted by atomic mass is 35.5. The second-order valence-corrected chi connectivity index (χ2v) is 9.31. The minimum atomic E-state index is -0.583. The number of benzene rings is 3. The number of hydrogen-bond acceptors (Lipinski definition) is 7. The number of carbonyl (C=O) groups is 3. The number of hydrazone groups is 1. The van der Waals surface area contributed by atoms with Crippen molar-refractivity contribution in [2.24, 2.45) is 5.10 Å². The zero-order valence-electron chi connectivity index (χ0n) is 19.5. The van der Waals surface area contributed by atoms with E-state index >= 15 is 0 Å². The predicted octanol–water partition coefficient (Wildman–Crippen LogP) is 6.38. The van der Waals surface area contributed by atoms with Crippen molar-refractivity contribution in [3.8, 4) is 5.75 Å². The summed E-state index contributed by atoms with van der Waals surface area (Å²) < 4.78 is 11.5. The monoisotopic (exact) mass is 543 g/mol. The van der Waals surface area contributed by atoms with Gasteiger partial charge in [-0.3, -0.25) is 9.59 Å². The summed E-state index contributed by atoms with van der Waals surface area (Å²) >= 11 is 7.66. The zero-order valence-corrected chi connectivity index (χ0v) is 21.1. The molecule has 5 aromatic rings. The largest absolute Gasteiger partial charge is 0.459 e. The van der Waals surface area contributed by atoms with Crippen molar-refractivity contribution in [2.75, 3.05) is 5.32 Å². The van der Waals surface area contributed by atoms with E-state index in [4.69, 9.17) is 20.8 Å². The maximum Gasteiger partial charge on any atom is 0.355 e. The number of halogens is 1. The van der Waals surface area contributed by atoms with Gasteiger partial charge in [-0.2, -0.15) is 5.10 Å². The third-order valence-electron chi connectivity index (χ3n) is 5.36. The van der Waals surface area contributed by atoms with Crippen LogP contribution in [-0.2, 0) is 0 Å². The number of rotatable bonds is 7. The first-order valence-electron chi connectivity index (χ1n) is 11.3. The van der Waals surface area contributed by atoms with E-state index in [9.17, 15) is 14.4 Å². The van der Waals surface area contributed by atoms with Crippen LogP contribution in [-0.4, -0.2) is 24.0 Å². The van der Waals surface area contributed by atoms with E-state index in [0.29, 0.717) is 26.7 Å². The molecule has 0 bridgehead atoms. The molecule has 2 heterocycles. The molecule has 0 atom stereocenters. The Morgan fingerprint density at radius 1 is 0.895 bits per heavy atom. The molecule has 10 heteroatoms. The second kappa shape index (κ2) is 11.1. The van der Waals surface area contributed by atoms with Crippen LogP contribution in [0.2, 0.25) is 5.02 Å². The highest BCUT2D eigenvalue weighted by Gasteiger charge is 2.20. The smallest absolute Gasteiger partial charge is 0.355 e. The third-order valence-corrected chi connectivity index (χ3v) is 7.02. The average molecular weight is 544 g/mol. The van der Waals surface area contributed by atoms with Crippen LogP contribution in [0.15, 0.2) is 101 Å². The third kappa shape index (κ3) is 5.49. The summed E-state index contributed by atoms with van der Waals surface area (Å²) in [6, 6.07) is 23.7. The van der Waals surface area contributed by atoms with E-state index in [1.807, 2.05) is 24.3 Å². The standard InChI is InChI=1S/C28H18ClN3O5S/c29-24-20-7-2-4-10-23(20)38-25(24)28(35)37-21-8-3-1-6-18(21)16-30-32-26(33)17-11-13-19(14-12-17)31-27(34)22-9-5-15-36-22/h1-16H,(H,31,34)(H,32,33)/b30-16-. The molecule has 2 aromatic heterocycles. The summed E-state index contributed by atoms with van der Waals surface area (Å²) in [6.07, 6.45) is 2.79. The molecule has 0 fully saturated rings. The number of nitrogens with zero attached hydrogens (tertiary/aromatic N) is 1. The number of hydrogen-bond donors (Lipinski definition) is 2. The van der Waals surface area contributed by atoms with Gasteiger partial charge >= 0.3 is 5.97 Å². The van der Waals surface area contributed by atoms with E-state index in [1.165, 1.54) is 23.8 Å². The number of anilines is 1. The lowest BCUT2D eigenvalue weighted by molar-refractivity contribution is 0.0739. The van der Waals surface area contributed by atoms with Crippen LogP contribution in [0.4, 0.5) is 5.69 Å². The quantitative estimate of drug-likeness (QED) is 0.107. The lowest BCUT2D eigenvalue weighted by Gasteiger charge is -2.07. The summed E-state index contributed by atoms with van der Waals surface area (Å²) in [6.45, 7) is 0. The van der Waals surface area contributed by atoms with Gasteiger partial charge in [0.25, 0.3) is 11.8 Å². The van der Waals surface area contributed by atoms with Crippen molar-refractivity contribution >= 4 is 62.7 Å². The van der Waals surface area contributed by atoms with E-state index < -0.39 is 17.8 Å². The number of carbonyl (C=O) groups excluding carboxylic acids is 3. The van der Waals surface area contributed by atoms with Gasteiger partial charge in [-0.15, -0.1) is 11.3 Å². The van der Waals surface area contributed by atoms with E-state index in [2.05, 4.69) is 15.8 Å². The van der Waals surface area contributed by atoms with E-state index in [0.717, 1.165) is 10.1 Å². The fourth-order valence-electron chi connectivity index (χ4n) is 3.50. The number of fused-ring (bicyclic) bond motifs is 1. The molecule has 0 saturated heterocycles. The van der Waals surface area contributed by atoms with Crippen LogP contribution in [0.1, 0.15) is 36.1 Å². The lowest BCUT2D eigenvalue weighted by Crippen LogP contribution is -2.18. The number of thiophene rings is 1. The van der Waals surface area contributed by atoms with Crippen molar-refractivity contribution in [2.45, 2.75) is 0 Å². The Hall–Kier alpha value is -4.73. The molecule has 3 aromatic carbocycles. The molecule has 2 amide bonds. The van der Waals surface area contributed by atoms with Gasteiger partial charge in [-0.05, 0) is 54.6 Å². The van der Waals surface area contributed by atoms with Gasteiger partial charge in [0.1, 0.15) is 10.6 Å². The molecular weight excluding hydrogens is 526 g/mol. The molecule has 0 spiro atoms. The van der Waals surface area contributed by atoms with Gasteiger partial charge in [-0.1, -0.05) is 41.9 Å². The average Bonchev–Trinajstić information content (AvgIpc) is 3.59. The van der Waals surface area contributed by atoms with Crippen LogP contribution < -0.4 is 15.5 Å². The van der Waals surface area contributed by atoms with Crippen molar-refractivity contribution in [1.29, 1.82) is 0 Å². The summed E-state index contributed by atoms with van der Waals surface area (Å²) in [5.74, 6) is -0.998. The molecule has 5 rings (SSSR count). The number of nitrogens with one attached hydrogen (secondary N) is 2. The Morgan fingerprint density at radius 2 is 1.66 bits per heavy atom. The van der Waals surface area contributed by atoms with Gasteiger partial charge < -0.3 is 14.5 Å². The van der Waals surface area contributed by atoms with Gasteiger partial charge in [-0.25, -0.2) is 10.2 Å².